The Balaban J connectivity index is 1.54. The Morgan fingerprint density at radius 1 is 1.21 bits per heavy atom. The molecule has 1 N–H and O–H groups in total. The van der Waals surface area contributed by atoms with Gasteiger partial charge in [0.2, 0.25) is 5.91 Å². The summed E-state index contributed by atoms with van der Waals surface area (Å²) in [5, 5.41) is 14.8. The lowest BCUT2D eigenvalue weighted by Crippen LogP contribution is -2.13. The molecular weight excluding hydrogens is 343 g/mol. The van der Waals surface area contributed by atoms with E-state index < -0.39 is 23.4 Å². The van der Waals surface area contributed by atoms with E-state index in [-0.39, 0.29) is 12.1 Å². The maximum absolute atomic E-state index is 13.1. The number of amides is 1. The topological polar surface area (TPSA) is 72.2 Å². The van der Waals surface area contributed by atoms with Crippen molar-refractivity contribution in [2.75, 3.05) is 11.1 Å². The first-order chi connectivity index (χ1) is 11.5. The van der Waals surface area contributed by atoms with Crippen molar-refractivity contribution in [2.45, 2.75) is 11.4 Å². The lowest BCUT2D eigenvalue weighted by molar-refractivity contribution is -0.115. The number of fused-ring (bicyclic) bond motifs is 1. The van der Waals surface area contributed by atoms with Crippen LogP contribution in [0.1, 0.15) is 6.42 Å². The van der Waals surface area contributed by atoms with Gasteiger partial charge in [0.25, 0.3) is 0 Å². The highest BCUT2D eigenvalue weighted by atomic mass is 32.2. The zero-order valence-corrected chi connectivity index (χ0v) is 12.9. The molecule has 3 rings (SSSR count). The van der Waals surface area contributed by atoms with Gasteiger partial charge in [0.15, 0.2) is 23.1 Å². The molecule has 24 heavy (non-hydrogen) atoms. The van der Waals surface area contributed by atoms with E-state index in [0.29, 0.717) is 16.4 Å². The van der Waals surface area contributed by atoms with Crippen LogP contribution in [0, 0.1) is 17.5 Å². The number of halogens is 3. The fraction of sp³-hybridized carbons (Fsp3) is 0.143. The molecule has 0 saturated heterocycles. The van der Waals surface area contributed by atoms with Crippen LogP contribution in [-0.4, -0.2) is 31.5 Å². The number of carbonyl (C=O) groups is 1. The number of hydrogen-bond donors (Lipinski definition) is 1. The molecule has 10 heteroatoms. The molecule has 0 aliphatic carbocycles. The second-order valence-corrected chi connectivity index (χ2v) is 5.82. The SMILES string of the molecule is O=C(CCSc1ccc2nncn2n1)Nc1cc(F)c(F)c(F)c1. The smallest absolute Gasteiger partial charge is 0.225 e. The molecule has 1 aromatic carbocycles. The number of hydrogen-bond acceptors (Lipinski definition) is 5. The van der Waals surface area contributed by atoms with E-state index in [4.69, 9.17) is 0 Å². The normalized spacial score (nSPS) is 11.0. The molecule has 2 aromatic heterocycles. The Morgan fingerprint density at radius 3 is 2.71 bits per heavy atom. The van der Waals surface area contributed by atoms with E-state index >= 15 is 0 Å². The zero-order valence-electron chi connectivity index (χ0n) is 12.0. The highest BCUT2D eigenvalue weighted by Crippen LogP contribution is 2.19. The highest BCUT2D eigenvalue weighted by molar-refractivity contribution is 7.99. The van der Waals surface area contributed by atoms with Gasteiger partial charge in [0.05, 0.1) is 0 Å². The largest absolute Gasteiger partial charge is 0.326 e. The fourth-order valence-corrected chi connectivity index (χ4v) is 2.69. The van der Waals surface area contributed by atoms with Crippen molar-refractivity contribution in [1.29, 1.82) is 0 Å². The van der Waals surface area contributed by atoms with Gasteiger partial charge in [-0.1, -0.05) is 0 Å². The van der Waals surface area contributed by atoms with Crippen molar-refractivity contribution in [3.05, 3.63) is 48.0 Å². The van der Waals surface area contributed by atoms with E-state index in [1.54, 1.807) is 12.1 Å². The summed E-state index contributed by atoms with van der Waals surface area (Å²) in [7, 11) is 0. The highest BCUT2D eigenvalue weighted by Gasteiger charge is 2.12. The summed E-state index contributed by atoms with van der Waals surface area (Å²) in [4.78, 5) is 11.8. The van der Waals surface area contributed by atoms with E-state index in [2.05, 4.69) is 20.6 Å². The van der Waals surface area contributed by atoms with E-state index in [9.17, 15) is 18.0 Å². The molecule has 0 aliphatic rings. The third kappa shape index (κ3) is 3.65. The molecule has 124 valence electrons. The summed E-state index contributed by atoms with van der Waals surface area (Å²) in [5.41, 5.74) is 0.475. The van der Waals surface area contributed by atoms with Crippen molar-refractivity contribution in [1.82, 2.24) is 19.8 Å². The molecule has 0 aliphatic heterocycles. The first kappa shape index (κ1) is 16.2. The monoisotopic (exact) mass is 353 g/mol. The van der Waals surface area contributed by atoms with Gasteiger partial charge in [0, 0.05) is 30.0 Å². The predicted molar refractivity (Wildman–Crippen MR) is 81.1 cm³/mol. The van der Waals surface area contributed by atoms with Crippen LogP contribution in [0.2, 0.25) is 0 Å². The van der Waals surface area contributed by atoms with Crippen LogP contribution in [0.4, 0.5) is 18.9 Å². The summed E-state index contributed by atoms with van der Waals surface area (Å²) in [6.45, 7) is 0. The number of rotatable bonds is 5. The third-order valence-corrected chi connectivity index (χ3v) is 3.91. The van der Waals surface area contributed by atoms with Gasteiger partial charge >= 0.3 is 0 Å². The number of aromatic nitrogens is 4. The Bertz CT molecular complexity index is 878. The van der Waals surface area contributed by atoms with Gasteiger partial charge < -0.3 is 5.32 Å². The summed E-state index contributed by atoms with van der Waals surface area (Å²) in [5.74, 6) is -4.33. The summed E-state index contributed by atoms with van der Waals surface area (Å²) >= 11 is 1.33. The molecule has 0 spiro atoms. The third-order valence-electron chi connectivity index (χ3n) is 2.98. The first-order valence-corrected chi connectivity index (χ1v) is 7.76. The molecule has 0 atom stereocenters. The number of benzene rings is 1. The van der Waals surface area contributed by atoms with Crippen molar-refractivity contribution in [2.24, 2.45) is 0 Å². The first-order valence-electron chi connectivity index (χ1n) is 6.77. The molecule has 0 unspecified atom stereocenters. The number of thioether (sulfide) groups is 1. The second kappa shape index (κ2) is 6.87. The van der Waals surface area contributed by atoms with Crippen molar-refractivity contribution in [3.63, 3.8) is 0 Å². The Kier molecular flexibility index (Phi) is 4.65. The summed E-state index contributed by atoms with van der Waals surface area (Å²) in [6.07, 6.45) is 1.55. The molecular formula is C14H10F3N5OS. The molecule has 0 fully saturated rings. The van der Waals surface area contributed by atoms with Gasteiger partial charge in [-0.15, -0.1) is 22.0 Å². The van der Waals surface area contributed by atoms with E-state index in [1.807, 2.05) is 0 Å². The molecule has 2 heterocycles. The quantitative estimate of drug-likeness (QED) is 0.564. The van der Waals surface area contributed by atoms with Gasteiger partial charge in [-0.05, 0) is 12.1 Å². The number of carbonyl (C=O) groups excluding carboxylic acids is 1. The lowest BCUT2D eigenvalue weighted by Gasteiger charge is -2.06. The van der Waals surface area contributed by atoms with Crippen LogP contribution in [0.5, 0.6) is 0 Å². The van der Waals surface area contributed by atoms with Crippen LogP contribution in [0.3, 0.4) is 0 Å². The minimum absolute atomic E-state index is 0.0905. The summed E-state index contributed by atoms with van der Waals surface area (Å²) in [6, 6.07) is 4.94. The maximum atomic E-state index is 13.1. The van der Waals surface area contributed by atoms with Crippen LogP contribution < -0.4 is 5.32 Å². The zero-order chi connectivity index (χ0) is 17.1. The van der Waals surface area contributed by atoms with Crippen LogP contribution in [-0.2, 0) is 4.79 Å². The van der Waals surface area contributed by atoms with Crippen molar-refractivity contribution < 1.29 is 18.0 Å². The summed E-state index contributed by atoms with van der Waals surface area (Å²) < 4.78 is 40.5. The van der Waals surface area contributed by atoms with Crippen LogP contribution in [0.25, 0.3) is 5.65 Å². The Labute approximate surface area is 138 Å². The molecule has 1 amide bonds. The molecule has 3 aromatic rings. The fourth-order valence-electron chi connectivity index (χ4n) is 1.89. The lowest BCUT2D eigenvalue weighted by atomic mass is 10.2. The van der Waals surface area contributed by atoms with Crippen LogP contribution in [0.15, 0.2) is 35.6 Å². The van der Waals surface area contributed by atoms with Crippen molar-refractivity contribution >= 4 is 29.0 Å². The molecule has 6 nitrogen and oxygen atoms in total. The van der Waals surface area contributed by atoms with E-state index in [0.717, 1.165) is 12.1 Å². The molecule has 0 bridgehead atoms. The van der Waals surface area contributed by atoms with Gasteiger partial charge in [-0.3, -0.25) is 4.79 Å². The average molecular weight is 353 g/mol. The van der Waals surface area contributed by atoms with Crippen LogP contribution >= 0.6 is 11.8 Å². The average Bonchev–Trinajstić information content (AvgIpc) is 3.00. The number of nitrogens with one attached hydrogen (secondary N) is 1. The van der Waals surface area contributed by atoms with Gasteiger partial charge in [-0.2, -0.15) is 9.61 Å². The predicted octanol–water partition coefficient (Wildman–Crippen LogP) is 2.66. The Morgan fingerprint density at radius 2 is 1.96 bits per heavy atom. The second-order valence-electron chi connectivity index (χ2n) is 4.71. The standard InChI is InChI=1S/C14H10F3N5OS/c15-9-5-8(6-10(16)14(9)17)19-12(23)3-4-24-13-2-1-11-20-18-7-22(11)21-13/h1-2,5-7H,3-4H2,(H,19,23). The number of nitrogens with zero attached hydrogens (tertiary/aromatic N) is 4. The minimum Gasteiger partial charge on any atom is -0.326 e. The van der Waals surface area contributed by atoms with Crippen molar-refractivity contribution in [3.8, 4) is 0 Å². The molecule has 0 radical (unpaired) electrons. The Hall–Kier alpha value is -2.62. The minimum atomic E-state index is -1.57. The van der Waals surface area contributed by atoms with Gasteiger partial charge in [0.1, 0.15) is 11.4 Å². The number of anilines is 1. The van der Waals surface area contributed by atoms with E-state index in [1.165, 1.54) is 22.6 Å². The molecule has 0 saturated carbocycles. The maximum Gasteiger partial charge on any atom is 0.225 e. The van der Waals surface area contributed by atoms with Gasteiger partial charge in [-0.25, -0.2) is 13.2 Å².